The van der Waals surface area contributed by atoms with Gasteiger partial charge in [0.25, 0.3) is 5.91 Å². The van der Waals surface area contributed by atoms with E-state index in [9.17, 15) is 26.4 Å². The summed E-state index contributed by atoms with van der Waals surface area (Å²) in [7, 11) is -6.61. The number of amides is 3. The number of carbonyl (C=O) groups is 2. The number of benzene rings is 3. The van der Waals surface area contributed by atoms with Gasteiger partial charge in [-0.05, 0) is 36.4 Å². The van der Waals surface area contributed by atoms with Gasteiger partial charge in [-0.2, -0.15) is 0 Å². The van der Waals surface area contributed by atoms with Crippen LogP contribution in [0.3, 0.4) is 0 Å². The second kappa shape index (κ2) is 11.3. The van der Waals surface area contributed by atoms with Crippen molar-refractivity contribution in [2.24, 2.45) is 4.99 Å². The lowest BCUT2D eigenvalue weighted by Crippen LogP contribution is -2.44. The van der Waals surface area contributed by atoms with Gasteiger partial charge in [-0.15, -0.1) is 0 Å². The number of hydrogen-bond acceptors (Lipinski definition) is 8. The van der Waals surface area contributed by atoms with E-state index in [2.05, 4.69) is 4.99 Å². The van der Waals surface area contributed by atoms with Crippen molar-refractivity contribution in [3.05, 3.63) is 78.9 Å². The van der Waals surface area contributed by atoms with Crippen molar-refractivity contribution in [1.29, 1.82) is 0 Å². The van der Waals surface area contributed by atoms with Gasteiger partial charge in [-0.3, -0.25) is 9.69 Å². The quantitative estimate of drug-likeness (QED) is 0.263. The Bertz CT molecular complexity index is 1690. The summed E-state index contributed by atoms with van der Waals surface area (Å²) >= 11 is 19.4. The number of alkyl halides is 3. The molecule has 1 aliphatic rings. The zero-order chi connectivity index (χ0) is 30.3. The normalized spacial score (nSPS) is 16.4. The number of amidine groups is 1. The van der Waals surface area contributed by atoms with E-state index in [0.29, 0.717) is 0 Å². The van der Waals surface area contributed by atoms with E-state index in [1.807, 2.05) is 0 Å². The summed E-state index contributed by atoms with van der Waals surface area (Å²) in [5, 5.41) is 0. The van der Waals surface area contributed by atoms with Crippen LogP contribution in [0, 0.1) is 0 Å². The lowest BCUT2D eigenvalue weighted by molar-refractivity contribution is -0.119. The molecule has 0 aromatic heterocycles. The topological polar surface area (TPSA) is 124 Å². The predicted molar refractivity (Wildman–Crippen MR) is 160 cm³/mol. The first-order valence-electron chi connectivity index (χ1n) is 11.7. The van der Waals surface area contributed by atoms with Crippen molar-refractivity contribution >= 4 is 89.3 Å². The molecule has 0 spiro atoms. The van der Waals surface area contributed by atoms with Gasteiger partial charge in [-0.1, -0.05) is 77.3 Å². The fraction of sp³-hybridized carbons (Fsp3) is 0.192. The molecule has 0 aliphatic carbocycles. The molecule has 216 valence electrons. The summed E-state index contributed by atoms with van der Waals surface area (Å²) in [4.78, 5) is 33.4. The number of urea groups is 1. The van der Waals surface area contributed by atoms with Crippen LogP contribution in [0.1, 0.15) is 0 Å². The van der Waals surface area contributed by atoms with E-state index in [-0.39, 0.29) is 26.9 Å². The van der Waals surface area contributed by atoms with E-state index in [4.69, 9.17) is 34.8 Å². The molecule has 3 aromatic rings. The average Bonchev–Trinajstić information content (AvgIpc) is 3.11. The minimum absolute atomic E-state index is 0.0804. The first-order chi connectivity index (χ1) is 19.0. The number of para-hydroxylation sites is 3. The van der Waals surface area contributed by atoms with Gasteiger partial charge in [0.05, 0.1) is 26.9 Å². The maximum atomic E-state index is 13.3. The van der Waals surface area contributed by atoms with Gasteiger partial charge >= 0.3 is 6.03 Å². The van der Waals surface area contributed by atoms with Crippen molar-refractivity contribution in [3.8, 4) is 0 Å². The summed E-state index contributed by atoms with van der Waals surface area (Å²) < 4.78 is 49.1. The number of sulfone groups is 2. The number of rotatable bonds is 7. The minimum Gasteiger partial charge on any atom is -0.312 e. The Kier molecular flexibility index (Phi) is 8.45. The highest BCUT2D eigenvalue weighted by Gasteiger charge is 2.46. The second-order valence-electron chi connectivity index (χ2n) is 9.04. The fourth-order valence-electron chi connectivity index (χ4n) is 4.22. The van der Waals surface area contributed by atoms with Gasteiger partial charge in [-0.25, -0.2) is 31.5 Å². The van der Waals surface area contributed by atoms with E-state index in [0.717, 1.165) is 27.2 Å². The number of hydrogen-bond donors (Lipinski definition) is 0. The second-order valence-corrected chi connectivity index (χ2v) is 15.4. The SMILES string of the molecule is CN1C(=O)/C(=N\C(N(c2ccccc2S(C)(=O)=O)c2ccccc2S(C)(=O)=O)C(Cl)(Cl)Cl)N(c2ccccc2)C1=O. The predicted octanol–water partition coefficient (Wildman–Crippen LogP) is 4.83. The molecule has 0 N–H and O–H groups in total. The Balaban J connectivity index is 2.10. The van der Waals surface area contributed by atoms with Crippen LogP contribution in [0.25, 0.3) is 0 Å². The highest BCUT2D eigenvalue weighted by molar-refractivity contribution is 7.91. The summed E-state index contributed by atoms with van der Waals surface area (Å²) in [5.41, 5.74) is 0.128. The van der Waals surface area contributed by atoms with Gasteiger partial charge in [0.1, 0.15) is 0 Å². The number of nitrogens with zero attached hydrogens (tertiary/aromatic N) is 4. The molecule has 41 heavy (non-hydrogen) atoms. The first kappa shape index (κ1) is 30.8. The van der Waals surface area contributed by atoms with Gasteiger partial charge in [0, 0.05) is 19.6 Å². The molecule has 3 aromatic carbocycles. The summed E-state index contributed by atoms with van der Waals surface area (Å²) in [6, 6.07) is 18.8. The lowest BCUT2D eigenvalue weighted by atomic mass is 10.2. The smallest absolute Gasteiger partial charge is 0.312 e. The maximum Gasteiger partial charge on any atom is 0.337 e. The minimum atomic E-state index is -3.93. The molecule has 15 heteroatoms. The standard InChI is InChI=1S/C26H23Cl3N4O6S2/c1-31-23(34)22(32(25(31)35)17-11-5-4-6-12-17)30-24(26(27,28)29)33(18-13-7-9-15-20(18)40(2,36)37)19-14-8-10-16-21(19)41(3,38)39/h4-16,24H,1-3H3/b30-22+. The molecule has 10 nitrogen and oxygen atoms in total. The highest BCUT2D eigenvalue weighted by Crippen LogP contribution is 2.44. The summed E-state index contributed by atoms with van der Waals surface area (Å²) in [6.45, 7) is 0. The molecular weight excluding hydrogens is 635 g/mol. The molecular formula is C26H23Cl3N4O6S2. The number of imide groups is 1. The molecule has 4 rings (SSSR count). The van der Waals surface area contributed by atoms with Crippen LogP contribution in [0.2, 0.25) is 0 Å². The zero-order valence-corrected chi connectivity index (χ0v) is 25.7. The van der Waals surface area contributed by atoms with E-state index < -0.39 is 47.4 Å². The Hall–Kier alpha value is -3.16. The number of aliphatic imine (C=N–C) groups is 1. The molecule has 0 radical (unpaired) electrons. The first-order valence-corrected chi connectivity index (χ1v) is 16.6. The third-order valence-corrected chi connectivity index (χ3v) is 8.90. The number of likely N-dealkylation sites (N-methyl/N-ethyl adjacent to an activating group) is 1. The molecule has 1 saturated heterocycles. The Labute approximate surface area is 252 Å². The van der Waals surface area contributed by atoms with Crippen molar-refractivity contribution < 1.29 is 26.4 Å². The van der Waals surface area contributed by atoms with Crippen LogP contribution >= 0.6 is 34.8 Å². The fourth-order valence-corrected chi connectivity index (χ4v) is 6.40. The number of anilines is 3. The Morgan fingerprint density at radius 2 is 1.20 bits per heavy atom. The van der Waals surface area contributed by atoms with Gasteiger partial charge < -0.3 is 4.90 Å². The largest absolute Gasteiger partial charge is 0.337 e. The van der Waals surface area contributed by atoms with Crippen molar-refractivity contribution in [2.75, 3.05) is 29.4 Å². The van der Waals surface area contributed by atoms with Crippen molar-refractivity contribution in [1.82, 2.24) is 4.90 Å². The van der Waals surface area contributed by atoms with Gasteiger partial charge in [0.2, 0.25) is 9.63 Å². The van der Waals surface area contributed by atoms with Crippen molar-refractivity contribution in [3.63, 3.8) is 0 Å². The van der Waals surface area contributed by atoms with Gasteiger partial charge in [0.15, 0.2) is 25.8 Å². The van der Waals surface area contributed by atoms with Crippen LogP contribution in [-0.4, -0.2) is 69.0 Å². The van der Waals surface area contributed by atoms with Crippen LogP contribution < -0.4 is 9.80 Å². The molecule has 3 amide bonds. The molecule has 1 atom stereocenters. The number of halogens is 3. The monoisotopic (exact) mass is 656 g/mol. The van der Waals surface area contributed by atoms with E-state index in [1.54, 1.807) is 30.3 Å². The summed E-state index contributed by atoms with van der Waals surface area (Å²) in [6.07, 6.45) is 0.171. The third kappa shape index (κ3) is 6.21. The van der Waals surface area contributed by atoms with Crippen LogP contribution in [0.5, 0.6) is 0 Å². The maximum absolute atomic E-state index is 13.3. The third-order valence-electron chi connectivity index (χ3n) is 6.03. The van der Waals surface area contributed by atoms with Crippen LogP contribution in [-0.2, 0) is 24.5 Å². The van der Waals surface area contributed by atoms with Crippen molar-refractivity contribution in [2.45, 2.75) is 19.7 Å². The Morgan fingerprint density at radius 3 is 1.63 bits per heavy atom. The molecule has 1 aliphatic heterocycles. The lowest BCUT2D eigenvalue weighted by Gasteiger charge is -2.37. The highest BCUT2D eigenvalue weighted by atomic mass is 35.6. The van der Waals surface area contributed by atoms with E-state index in [1.165, 1.54) is 55.6 Å². The number of carbonyl (C=O) groups excluding carboxylic acids is 2. The summed E-state index contributed by atoms with van der Waals surface area (Å²) in [5.74, 6) is -1.26. The molecule has 1 fully saturated rings. The molecule has 1 heterocycles. The average molecular weight is 658 g/mol. The van der Waals surface area contributed by atoms with Crippen LogP contribution in [0.15, 0.2) is 93.6 Å². The van der Waals surface area contributed by atoms with Crippen LogP contribution in [0.4, 0.5) is 21.9 Å². The zero-order valence-electron chi connectivity index (χ0n) is 21.8. The van der Waals surface area contributed by atoms with E-state index >= 15 is 0 Å². The molecule has 1 unspecified atom stereocenters. The molecule has 0 bridgehead atoms. The molecule has 0 saturated carbocycles. The Morgan fingerprint density at radius 1 is 0.756 bits per heavy atom.